The number of ether oxygens (including phenoxy) is 1. The molecule has 5 nitrogen and oxygen atoms in total. The molecule has 0 aliphatic heterocycles. The van der Waals surface area contributed by atoms with Gasteiger partial charge < -0.3 is 10.1 Å². The largest absolute Gasteiger partial charge is 0.497 e. The molecule has 0 fully saturated rings. The maximum atomic E-state index is 13.1. The molecule has 1 N–H and O–H groups in total. The van der Waals surface area contributed by atoms with E-state index in [4.69, 9.17) is 14.7 Å². The van der Waals surface area contributed by atoms with Crippen molar-refractivity contribution in [2.75, 3.05) is 19.5 Å². The average Bonchev–Trinajstić information content (AvgIpc) is 3.10. The molecule has 0 unspecified atom stereocenters. The summed E-state index contributed by atoms with van der Waals surface area (Å²) in [6, 6.07) is 13.2. The fourth-order valence-corrected chi connectivity index (χ4v) is 4.96. The quantitative estimate of drug-likeness (QED) is 0.296. The molecule has 9 heteroatoms. The number of thiophene rings is 1. The van der Waals surface area contributed by atoms with Gasteiger partial charge in [0.25, 0.3) is 0 Å². The minimum atomic E-state index is -4.36. The SMILES string of the molecule is COc1cccc(CNc2nc(CN(C)Cc3cccc(C(F)(F)F)c3)nc3sc(C)c(C)c23)c1. The third-order valence-electron chi connectivity index (χ3n) is 5.79. The lowest BCUT2D eigenvalue weighted by molar-refractivity contribution is -0.137. The monoisotopic (exact) mass is 500 g/mol. The van der Waals surface area contributed by atoms with Crippen LogP contribution in [-0.2, 0) is 25.8 Å². The summed E-state index contributed by atoms with van der Waals surface area (Å²) in [6.07, 6.45) is -4.36. The molecule has 184 valence electrons. The van der Waals surface area contributed by atoms with E-state index in [1.165, 1.54) is 17.0 Å². The number of hydrogen-bond donors (Lipinski definition) is 1. The van der Waals surface area contributed by atoms with Crippen LogP contribution in [0.15, 0.2) is 48.5 Å². The summed E-state index contributed by atoms with van der Waals surface area (Å²) < 4.78 is 44.5. The first-order valence-corrected chi connectivity index (χ1v) is 11.9. The van der Waals surface area contributed by atoms with Crippen molar-refractivity contribution in [1.82, 2.24) is 14.9 Å². The van der Waals surface area contributed by atoms with Crippen molar-refractivity contribution in [3.05, 3.63) is 81.5 Å². The molecule has 0 saturated carbocycles. The van der Waals surface area contributed by atoms with E-state index in [1.54, 1.807) is 24.5 Å². The fourth-order valence-electron chi connectivity index (χ4n) is 3.92. The van der Waals surface area contributed by atoms with Gasteiger partial charge >= 0.3 is 6.18 Å². The highest BCUT2D eigenvalue weighted by atomic mass is 32.1. The Hall–Kier alpha value is -3.17. The molecule has 0 atom stereocenters. The van der Waals surface area contributed by atoms with E-state index >= 15 is 0 Å². The molecule has 0 bridgehead atoms. The molecule has 0 spiro atoms. The maximum Gasteiger partial charge on any atom is 0.416 e. The van der Waals surface area contributed by atoms with Gasteiger partial charge in [0, 0.05) is 18.0 Å². The maximum absolute atomic E-state index is 13.1. The molecular formula is C26H27F3N4OS. The number of rotatable bonds is 8. The van der Waals surface area contributed by atoms with Crippen molar-refractivity contribution in [2.45, 2.75) is 39.7 Å². The third kappa shape index (κ3) is 5.91. The molecule has 2 heterocycles. The normalized spacial score (nSPS) is 11.9. The Bertz CT molecular complexity index is 1340. The van der Waals surface area contributed by atoms with E-state index in [-0.39, 0.29) is 0 Å². The number of anilines is 1. The van der Waals surface area contributed by atoms with E-state index in [0.717, 1.165) is 39.0 Å². The van der Waals surface area contributed by atoms with Gasteiger partial charge in [-0.15, -0.1) is 11.3 Å². The van der Waals surface area contributed by atoms with Gasteiger partial charge in [0.05, 0.1) is 24.6 Å². The van der Waals surface area contributed by atoms with E-state index in [2.05, 4.69) is 19.2 Å². The van der Waals surface area contributed by atoms with Gasteiger partial charge in [0.15, 0.2) is 0 Å². The van der Waals surface area contributed by atoms with Crippen LogP contribution in [0.2, 0.25) is 0 Å². The summed E-state index contributed by atoms with van der Waals surface area (Å²) in [6.45, 7) is 5.44. The smallest absolute Gasteiger partial charge is 0.416 e. The Morgan fingerprint density at radius 3 is 2.49 bits per heavy atom. The number of aromatic nitrogens is 2. The topological polar surface area (TPSA) is 50.3 Å². The van der Waals surface area contributed by atoms with Gasteiger partial charge in [-0.2, -0.15) is 13.2 Å². The Morgan fingerprint density at radius 2 is 1.74 bits per heavy atom. The summed E-state index contributed by atoms with van der Waals surface area (Å²) in [5.41, 5.74) is 2.14. The van der Waals surface area contributed by atoms with Crippen molar-refractivity contribution in [3.8, 4) is 5.75 Å². The molecule has 0 aliphatic rings. The highest BCUT2D eigenvalue weighted by Gasteiger charge is 2.30. The van der Waals surface area contributed by atoms with Crippen LogP contribution in [0.4, 0.5) is 19.0 Å². The molecule has 4 rings (SSSR count). The number of methoxy groups -OCH3 is 1. The van der Waals surface area contributed by atoms with Crippen molar-refractivity contribution in [1.29, 1.82) is 0 Å². The van der Waals surface area contributed by atoms with Crippen LogP contribution in [-0.4, -0.2) is 29.0 Å². The first-order valence-electron chi connectivity index (χ1n) is 11.1. The van der Waals surface area contributed by atoms with Crippen molar-refractivity contribution in [2.24, 2.45) is 0 Å². The Morgan fingerprint density at radius 1 is 1.00 bits per heavy atom. The zero-order chi connectivity index (χ0) is 25.2. The zero-order valence-corrected chi connectivity index (χ0v) is 20.8. The van der Waals surface area contributed by atoms with Crippen molar-refractivity contribution in [3.63, 3.8) is 0 Å². The molecule has 0 radical (unpaired) electrons. The highest BCUT2D eigenvalue weighted by molar-refractivity contribution is 7.18. The van der Waals surface area contributed by atoms with Crippen molar-refractivity contribution >= 4 is 27.4 Å². The van der Waals surface area contributed by atoms with Crippen molar-refractivity contribution < 1.29 is 17.9 Å². The highest BCUT2D eigenvalue weighted by Crippen LogP contribution is 2.34. The number of alkyl halides is 3. The Labute approximate surface area is 206 Å². The van der Waals surface area contributed by atoms with Crippen LogP contribution >= 0.6 is 11.3 Å². The second-order valence-electron chi connectivity index (χ2n) is 8.53. The van der Waals surface area contributed by atoms with E-state index < -0.39 is 11.7 Å². The van der Waals surface area contributed by atoms with Gasteiger partial charge in [-0.05, 0) is 55.8 Å². The number of fused-ring (bicyclic) bond motifs is 1. The summed E-state index contributed by atoms with van der Waals surface area (Å²) >= 11 is 1.62. The van der Waals surface area contributed by atoms with Gasteiger partial charge in [-0.3, -0.25) is 4.90 Å². The summed E-state index contributed by atoms with van der Waals surface area (Å²) in [4.78, 5) is 13.5. The zero-order valence-electron chi connectivity index (χ0n) is 20.0. The number of benzene rings is 2. The second-order valence-corrected chi connectivity index (χ2v) is 9.73. The number of nitrogens with one attached hydrogen (secondary N) is 1. The minimum absolute atomic E-state index is 0.348. The first kappa shape index (κ1) is 24.9. The summed E-state index contributed by atoms with van der Waals surface area (Å²) in [7, 11) is 3.49. The molecule has 0 amide bonds. The van der Waals surface area contributed by atoms with Gasteiger partial charge in [0.1, 0.15) is 22.2 Å². The first-order chi connectivity index (χ1) is 16.6. The van der Waals surface area contributed by atoms with Crippen LogP contribution in [0.1, 0.15) is 33.0 Å². The second kappa shape index (κ2) is 10.2. The standard InChI is InChI=1S/C26H27F3N4OS/c1-16-17(2)35-25-23(16)24(30-13-18-7-6-10-21(12-18)34-4)31-22(32-25)15-33(3)14-19-8-5-9-20(11-19)26(27,28)29/h5-12H,13-15H2,1-4H3,(H,30,31,32). The lowest BCUT2D eigenvalue weighted by Crippen LogP contribution is -2.20. The molecule has 4 aromatic rings. The molecule has 35 heavy (non-hydrogen) atoms. The predicted octanol–water partition coefficient (Wildman–Crippen LogP) is 6.58. The van der Waals surface area contributed by atoms with Crippen LogP contribution < -0.4 is 10.1 Å². The van der Waals surface area contributed by atoms with Crippen LogP contribution in [0, 0.1) is 13.8 Å². The lowest BCUT2D eigenvalue weighted by atomic mass is 10.1. The molecular weight excluding hydrogens is 473 g/mol. The van der Waals surface area contributed by atoms with Gasteiger partial charge in [-0.1, -0.05) is 30.3 Å². The number of halogens is 3. The Balaban J connectivity index is 1.56. The van der Waals surface area contributed by atoms with Crippen LogP contribution in [0.3, 0.4) is 0 Å². The molecule has 0 aliphatic carbocycles. The summed E-state index contributed by atoms with van der Waals surface area (Å²) in [5, 5.41) is 4.45. The number of nitrogens with zero attached hydrogens (tertiary/aromatic N) is 3. The predicted molar refractivity (Wildman–Crippen MR) is 134 cm³/mol. The minimum Gasteiger partial charge on any atom is -0.497 e. The fraction of sp³-hybridized carbons (Fsp3) is 0.308. The van der Waals surface area contributed by atoms with E-state index in [9.17, 15) is 13.2 Å². The third-order valence-corrected chi connectivity index (χ3v) is 6.89. The van der Waals surface area contributed by atoms with Gasteiger partial charge in [0.2, 0.25) is 0 Å². The molecule has 2 aromatic carbocycles. The number of hydrogen-bond acceptors (Lipinski definition) is 6. The Kier molecular flexibility index (Phi) is 7.28. The lowest BCUT2D eigenvalue weighted by Gasteiger charge is -2.18. The average molecular weight is 501 g/mol. The molecule has 0 saturated heterocycles. The van der Waals surface area contributed by atoms with Crippen LogP contribution in [0.5, 0.6) is 5.75 Å². The number of aryl methyl sites for hydroxylation is 2. The van der Waals surface area contributed by atoms with Gasteiger partial charge in [-0.25, -0.2) is 9.97 Å². The summed E-state index contributed by atoms with van der Waals surface area (Å²) in [5.74, 6) is 2.15. The van der Waals surface area contributed by atoms with E-state index in [1.807, 2.05) is 36.2 Å². The van der Waals surface area contributed by atoms with E-state index in [0.29, 0.717) is 31.0 Å². The molecule has 2 aromatic heterocycles. The van der Waals surface area contributed by atoms with Crippen LogP contribution in [0.25, 0.3) is 10.2 Å².